The highest BCUT2D eigenvalue weighted by Crippen LogP contribution is 2.24. The maximum Gasteiger partial charge on any atom is 0.257 e. The Morgan fingerprint density at radius 1 is 0.964 bits per heavy atom. The van der Waals surface area contributed by atoms with Gasteiger partial charge in [0.2, 0.25) is 0 Å². The molecular weight excluding hydrogens is 352 g/mol. The van der Waals surface area contributed by atoms with Gasteiger partial charge >= 0.3 is 0 Å². The van der Waals surface area contributed by atoms with Crippen molar-refractivity contribution in [3.8, 4) is 11.3 Å². The zero-order valence-electron chi connectivity index (χ0n) is 16.3. The predicted octanol–water partition coefficient (Wildman–Crippen LogP) is 3.33. The molecule has 0 spiro atoms. The number of nitrogens with zero attached hydrogens (tertiary/aromatic N) is 4. The summed E-state index contributed by atoms with van der Waals surface area (Å²) in [6, 6.07) is 13.3. The van der Waals surface area contributed by atoms with Gasteiger partial charge in [-0.3, -0.25) is 9.59 Å². The van der Waals surface area contributed by atoms with Crippen molar-refractivity contribution in [3.63, 3.8) is 0 Å². The molecule has 2 aromatic heterocycles. The van der Waals surface area contributed by atoms with E-state index in [1.165, 1.54) is 6.42 Å². The number of hydrogen-bond donors (Lipinski definition) is 0. The Morgan fingerprint density at radius 2 is 1.68 bits per heavy atom. The summed E-state index contributed by atoms with van der Waals surface area (Å²) in [5, 5.41) is 4.49. The number of aromatic nitrogens is 2. The largest absolute Gasteiger partial charge is 0.345 e. The Labute approximate surface area is 164 Å². The number of carbonyl (C=O) groups is 2. The third-order valence-corrected chi connectivity index (χ3v) is 5.25. The number of benzene rings is 1. The summed E-state index contributed by atoms with van der Waals surface area (Å²) in [6.45, 7) is 1.63. The highest BCUT2D eigenvalue weighted by Gasteiger charge is 2.22. The molecule has 6 nitrogen and oxygen atoms in total. The number of rotatable bonds is 3. The first-order valence-electron chi connectivity index (χ1n) is 9.64. The molecule has 1 aliphatic rings. The van der Waals surface area contributed by atoms with Gasteiger partial charge in [0.25, 0.3) is 11.8 Å². The number of likely N-dealkylation sites (tertiary alicyclic amines) is 1. The van der Waals surface area contributed by atoms with Crippen LogP contribution in [-0.4, -0.2) is 58.4 Å². The number of fused-ring (bicyclic) bond motifs is 1. The number of pyridine rings is 1. The van der Waals surface area contributed by atoms with E-state index in [4.69, 9.17) is 0 Å². The summed E-state index contributed by atoms with van der Waals surface area (Å²) in [4.78, 5) is 28.5. The fourth-order valence-corrected chi connectivity index (χ4v) is 3.70. The minimum absolute atomic E-state index is 0.0294. The average molecular weight is 376 g/mol. The van der Waals surface area contributed by atoms with Crippen molar-refractivity contribution in [1.29, 1.82) is 0 Å². The molecule has 0 aliphatic carbocycles. The summed E-state index contributed by atoms with van der Waals surface area (Å²) in [5.41, 5.74) is 3.92. The zero-order chi connectivity index (χ0) is 19.7. The quantitative estimate of drug-likeness (QED) is 0.705. The van der Waals surface area contributed by atoms with Gasteiger partial charge in [-0.05, 0) is 43.5 Å². The van der Waals surface area contributed by atoms with Crippen LogP contribution in [-0.2, 0) is 0 Å². The molecule has 1 aromatic carbocycles. The van der Waals surface area contributed by atoms with Crippen molar-refractivity contribution >= 4 is 17.3 Å². The Kier molecular flexibility index (Phi) is 4.86. The second-order valence-corrected chi connectivity index (χ2v) is 7.40. The van der Waals surface area contributed by atoms with E-state index in [0.29, 0.717) is 11.1 Å². The number of carbonyl (C=O) groups excluding carboxylic acids is 2. The van der Waals surface area contributed by atoms with Crippen LogP contribution in [0.4, 0.5) is 0 Å². The van der Waals surface area contributed by atoms with Crippen molar-refractivity contribution < 1.29 is 9.59 Å². The lowest BCUT2D eigenvalue weighted by molar-refractivity contribution is 0.0726. The van der Waals surface area contributed by atoms with E-state index >= 15 is 0 Å². The van der Waals surface area contributed by atoms with Crippen LogP contribution in [0.1, 0.15) is 40.0 Å². The summed E-state index contributed by atoms with van der Waals surface area (Å²) in [5.74, 6) is 0.0250. The van der Waals surface area contributed by atoms with Crippen LogP contribution in [0.3, 0.4) is 0 Å². The minimum atomic E-state index is -0.0294. The Hall–Kier alpha value is -3.15. The van der Waals surface area contributed by atoms with Crippen molar-refractivity contribution in [1.82, 2.24) is 19.4 Å². The molecule has 4 rings (SSSR count). The van der Waals surface area contributed by atoms with Crippen LogP contribution in [0.5, 0.6) is 0 Å². The lowest BCUT2D eigenvalue weighted by atomic mass is 10.1. The van der Waals surface area contributed by atoms with Crippen LogP contribution in [0.15, 0.2) is 48.7 Å². The van der Waals surface area contributed by atoms with Gasteiger partial charge < -0.3 is 9.80 Å². The Bertz CT molecular complexity index is 1010. The van der Waals surface area contributed by atoms with E-state index in [0.717, 1.165) is 42.7 Å². The van der Waals surface area contributed by atoms with Crippen LogP contribution >= 0.6 is 0 Å². The molecule has 144 valence electrons. The van der Waals surface area contributed by atoms with Gasteiger partial charge in [0.1, 0.15) is 0 Å². The SMILES string of the molecule is CN(C)C(=O)c1ccc(-c2cccc3c(C(=O)N4CCCCC4)cnn23)cc1. The highest BCUT2D eigenvalue weighted by atomic mass is 16.2. The van der Waals surface area contributed by atoms with Gasteiger partial charge in [-0.15, -0.1) is 0 Å². The summed E-state index contributed by atoms with van der Waals surface area (Å²) < 4.78 is 1.81. The molecule has 3 heterocycles. The zero-order valence-corrected chi connectivity index (χ0v) is 16.3. The van der Waals surface area contributed by atoms with Gasteiger partial charge in [-0.25, -0.2) is 4.52 Å². The first-order valence-corrected chi connectivity index (χ1v) is 9.64. The molecule has 0 N–H and O–H groups in total. The fraction of sp³-hybridized carbons (Fsp3) is 0.318. The lowest BCUT2D eigenvalue weighted by Gasteiger charge is -2.26. The molecular formula is C22H24N4O2. The van der Waals surface area contributed by atoms with Crippen LogP contribution in [0.25, 0.3) is 16.8 Å². The van der Waals surface area contributed by atoms with Crippen LogP contribution in [0.2, 0.25) is 0 Å². The number of piperidine rings is 1. The molecule has 6 heteroatoms. The van der Waals surface area contributed by atoms with Gasteiger partial charge in [0.15, 0.2) is 0 Å². The minimum Gasteiger partial charge on any atom is -0.345 e. The fourth-order valence-electron chi connectivity index (χ4n) is 3.70. The van der Waals surface area contributed by atoms with Crippen LogP contribution in [0, 0.1) is 0 Å². The maximum absolute atomic E-state index is 12.9. The van der Waals surface area contributed by atoms with E-state index in [1.807, 2.05) is 47.4 Å². The maximum atomic E-state index is 12.9. The third kappa shape index (κ3) is 3.26. The normalized spacial score (nSPS) is 14.3. The molecule has 1 fully saturated rings. The van der Waals surface area contributed by atoms with Crippen LogP contribution < -0.4 is 0 Å². The smallest absolute Gasteiger partial charge is 0.257 e. The third-order valence-electron chi connectivity index (χ3n) is 5.25. The highest BCUT2D eigenvalue weighted by molar-refractivity contribution is 6.01. The molecule has 2 amide bonds. The second kappa shape index (κ2) is 7.46. The first-order chi connectivity index (χ1) is 13.6. The summed E-state index contributed by atoms with van der Waals surface area (Å²) in [7, 11) is 3.48. The molecule has 1 saturated heterocycles. The molecule has 1 aliphatic heterocycles. The van der Waals surface area contributed by atoms with E-state index in [1.54, 1.807) is 29.7 Å². The van der Waals surface area contributed by atoms with E-state index in [2.05, 4.69) is 5.10 Å². The topological polar surface area (TPSA) is 57.9 Å². The molecule has 0 saturated carbocycles. The molecule has 0 radical (unpaired) electrons. The van der Waals surface area contributed by atoms with Crippen molar-refractivity contribution in [2.75, 3.05) is 27.2 Å². The number of amides is 2. The lowest BCUT2D eigenvalue weighted by Crippen LogP contribution is -2.35. The monoisotopic (exact) mass is 376 g/mol. The van der Waals surface area contributed by atoms with Gasteiger partial charge in [0, 0.05) is 38.3 Å². The summed E-state index contributed by atoms with van der Waals surface area (Å²) in [6.07, 6.45) is 4.98. The Balaban J connectivity index is 1.68. The van der Waals surface area contributed by atoms with Crippen molar-refractivity contribution in [2.24, 2.45) is 0 Å². The predicted molar refractivity (Wildman–Crippen MR) is 108 cm³/mol. The van der Waals surface area contributed by atoms with Crippen molar-refractivity contribution in [2.45, 2.75) is 19.3 Å². The summed E-state index contributed by atoms with van der Waals surface area (Å²) >= 11 is 0. The van der Waals surface area contributed by atoms with Gasteiger partial charge in [-0.2, -0.15) is 5.10 Å². The van der Waals surface area contributed by atoms with Gasteiger partial charge in [0.05, 0.1) is 23.0 Å². The van der Waals surface area contributed by atoms with Crippen molar-refractivity contribution in [3.05, 3.63) is 59.8 Å². The standard InChI is InChI=1S/C22H24N4O2/c1-24(2)21(27)17-11-9-16(10-12-17)19-7-6-8-20-18(15-23-26(19)20)22(28)25-13-4-3-5-14-25/h6-12,15H,3-5,13-14H2,1-2H3. The first kappa shape index (κ1) is 18.2. The molecule has 0 bridgehead atoms. The second-order valence-electron chi connectivity index (χ2n) is 7.40. The molecule has 28 heavy (non-hydrogen) atoms. The average Bonchev–Trinajstić information content (AvgIpc) is 3.17. The number of hydrogen-bond acceptors (Lipinski definition) is 3. The van der Waals surface area contributed by atoms with E-state index in [9.17, 15) is 9.59 Å². The van der Waals surface area contributed by atoms with E-state index in [-0.39, 0.29) is 11.8 Å². The van der Waals surface area contributed by atoms with E-state index < -0.39 is 0 Å². The Morgan fingerprint density at radius 3 is 2.36 bits per heavy atom. The van der Waals surface area contributed by atoms with Gasteiger partial charge in [-0.1, -0.05) is 18.2 Å². The molecule has 3 aromatic rings. The molecule has 0 atom stereocenters. The molecule has 0 unspecified atom stereocenters.